The van der Waals surface area contributed by atoms with Gasteiger partial charge in [0.05, 0.1) is 17.1 Å². The summed E-state index contributed by atoms with van der Waals surface area (Å²) in [5.41, 5.74) is -0.545. The zero-order valence-corrected chi connectivity index (χ0v) is 11.1. The van der Waals surface area contributed by atoms with Gasteiger partial charge in [0.25, 0.3) is 0 Å². The largest absolute Gasteiger partial charge is 0.418 e. The number of benzene rings is 1. The first kappa shape index (κ1) is 13.9. The topological polar surface area (TPSA) is 24.9 Å². The normalized spacial score (nSPS) is 11.6. The summed E-state index contributed by atoms with van der Waals surface area (Å²) in [6.45, 7) is 2.35. The summed E-state index contributed by atoms with van der Waals surface area (Å²) >= 11 is 1.51. The zero-order chi connectivity index (χ0) is 13.9. The van der Waals surface area contributed by atoms with E-state index >= 15 is 0 Å². The van der Waals surface area contributed by atoms with Crippen molar-refractivity contribution in [2.24, 2.45) is 0 Å². The number of hydrogen-bond acceptors (Lipinski definition) is 3. The molecule has 0 unspecified atom stereocenters. The van der Waals surface area contributed by atoms with Gasteiger partial charge in [0, 0.05) is 16.8 Å². The van der Waals surface area contributed by atoms with Gasteiger partial charge in [-0.15, -0.1) is 11.3 Å². The summed E-state index contributed by atoms with van der Waals surface area (Å²) in [6.07, 6.45) is -1.80. The SMILES string of the molecule is CCc1ncc(CNc2ccccc2C(F)(F)F)s1. The zero-order valence-electron chi connectivity index (χ0n) is 10.3. The summed E-state index contributed by atoms with van der Waals surface area (Å²) in [6, 6.07) is 5.48. The van der Waals surface area contributed by atoms with Gasteiger partial charge in [-0.3, -0.25) is 0 Å². The van der Waals surface area contributed by atoms with Crippen LogP contribution in [0.25, 0.3) is 0 Å². The molecule has 0 aliphatic carbocycles. The van der Waals surface area contributed by atoms with Crippen molar-refractivity contribution in [3.8, 4) is 0 Å². The number of halogens is 3. The Morgan fingerprint density at radius 3 is 2.63 bits per heavy atom. The van der Waals surface area contributed by atoms with Gasteiger partial charge in [-0.25, -0.2) is 4.98 Å². The molecule has 0 bridgehead atoms. The Bertz CT molecular complexity index is 549. The third-order valence-electron chi connectivity index (χ3n) is 2.59. The van der Waals surface area contributed by atoms with Gasteiger partial charge in [0.2, 0.25) is 0 Å². The molecule has 2 rings (SSSR count). The molecule has 19 heavy (non-hydrogen) atoms. The minimum Gasteiger partial charge on any atom is -0.380 e. The summed E-state index contributed by atoms with van der Waals surface area (Å²) in [7, 11) is 0. The number of hydrogen-bond donors (Lipinski definition) is 1. The van der Waals surface area contributed by atoms with Crippen molar-refractivity contribution in [2.75, 3.05) is 5.32 Å². The second-order valence-electron chi connectivity index (χ2n) is 3.97. The lowest BCUT2D eigenvalue weighted by Gasteiger charge is -2.13. The van der Waals surface area contributed by atoms with Gasteiger partial charge >= 0.3 is 6.18 Å². The molecule has 6 heteroatoms. The predicted molar refractivity (Wildman–Crippen MR) is 70.3 cm³/mol. The highest BCUT2D eigenvalue weighted by atomic mass is 32.1. The van der Waals surface area contributed by atoms with Crippen molar-refractivity contribution >= 4 is 17.0 Å². The molecule has 0 fully saturated rings. The van der Waals surface area contributed by atoms with E-state index in [1.807, 2.05) is 6.92 Å². The standard InChI is InChI=1S/C13H13F3N2S/c1-2-12-18-8-9(19-12)7-17-11-6-4-3-5-10(11)13(14,15)16/h3-6,8,17H,2,7H2,1H3. The van der Waals surface area contributed by atoms with E-state index in [1.54, 1.807) is 12.3 Å². The fraction of sp³-hybridized carbons (Fsp3) is 0.308. The lowest BCUT2D eigenvalue weighted by Crippen LogP contribution is -2.10. The maximum absolute atomic E-state index is 12.8. The number of aromatic nitrogens is 1. The molecule has 0 spiro atoms. The van der Waals surface area contributed by atoms with E-state index in [2.05, 4.69) is 10.3 Å². The summed E-state index contributed by atoms with van der Waals surface area (Å²) in [5.74, 6) is 0. The third-order valence-corrected chi connectivity index (χ3v) is 3.73. The van der Waals surface area contributed by atoms with Crippen molar-refractivity contribution in [3.63, 3.8) is 0 Å². The second kappa shape index (κ2) is 5.61. The van der Waals surface area contributed by atoms with Gasteiger partial charge in [0.15, 0.2) is 0 Å². The fourth-order valence-electron chi connectivity index (χ4n) is 1.66. The van der Waals surface area contributed by atoms with Crippen molar-refractivity contribution in [2.45, 2.75) is 26.1 Å². The van der Waals surface area contributed by atoms with Crippen LogP contribution in [-0.4, -0.2) is 4.98 Å². The van der Waals surface area contributed by atoms with Gasteiger partial charge < -0.3 is 5.32 Å². The molecule has 0 saturated carbocycles. The van der Waals surface area contributed by atoms with Crippen LogP contribution in [0, 0.1) is 0 Å². The van der Waals surface area contributed by atoms with Crippen LogP contribution in [0.2, 0.25) is 0 Å². The Labute approximate surface area is 113 Å². The Morgan fingerprint density at radius 2 is 2.00 bits per heavy atom. The number of para-hydroxylation sites is 1. The molecule has 1 aromatic carbocycles. The van der Waals surface area contributed by atoms with Crippen LogP contribution in [0.4, 0.5) is 18.9 Å². The van der Waals surface area contributed by atoms with E-state index in [0.717, 1.165) is 22.4 Å². The van der Waals surface area contributed by atoms with E-state index < -0.39 is 11.7 Å². The van der Waals surface area contributed by atoms with Crippen LogP contribution >= 0.6 is 11.3 Å². The highest BCUT2D eigenvalue weighted by molar-refractivity contribution is 7.11. The molecule has 0 amide bonds. The summed E-state index contributed by atoms with van der Waals surface area (Å²) in [4.78, 5) is 5.10. The van der Waals surface area contributed by atoms with Crippen molar-refractivity contribution in [1.82, 2.24) is 4.98 Å². The Hall–Kier alpha value is -1.56. The molecule has 0 aliphatic rings. The Kier molecular flexibility index (Phi) is 4.09. The van der Waals surface area contributed by atoms with Crippen LogP contribution in [0.15, 0.2) is 30.5 Å². The first-order valence-corrected chi connectivity index (χ1v) is 6.66. The highest BCUT2D eigenvalue weighted by Crippen LogP contribution is 2.34. The minimum atomic E-state index is -4.34. The van der Waals surface area contributed by atoms with E-state index in [9.17, 15) is 13.2 Å². The van der Waals surface area contributed by atoms with Gasteiger partial charge in [-0.05, 0) is 18.6 Å². The van der Waals surface area contributed by atoms with Crippen LogP contribution in [0.3, 0.4) is 0 Å². The Morgan fingerprint density at radius 1 is 1.26 bits per heavy atom. The van der Waals surface area contributed by atoms with Crippen molar-refractivity contribution in [3.05, 3.63) is 45.9 Å². The number of anilines is 1. The minimum absolute atomic E-state index is 0.0986. The number of alkyl halides is 3. The van der Waals surface area contributed by atoms with Crippen molar-refractivity contribution < 1.29 is 13.2 Å². The van der Waals surface area contributed by atoms with Crippen LogP contribution in [-0.2, 0) is 19.1 Å². The first-order chi connectivity index (χ1) is 9.00. The predicted octanol–water partition coefficient (Wildman–Crippen LogP) is 4.34. The molecule has 0 radical (unpaired) electrons. The quantitative estimate of drug-likeness (QED) is 0.904. The first-order valence-electron chi connectivity index (χ1n) is 5.84. The molecule has 1 aromatic heterocycles. The molecule has 0 aliphatic heterocycles. The molecule has 0 atom stereocenters. The van der Waals surface area contributed by atoms with Crippen LogP contribution < -0.4 is 5.32 Å². The summed E-state index contributed by atoms with van der Waals surface area (Å²) < 4.78 is 38.3. The average Bonchev–Trinajstić information content (AvgIpc) is 2.83. The molecule has 1 N–H and O–H groups in total. The monoisotopic (exact) mass is 286 g/mol. The Balaban J connectivity index is 2.11. The van der Waals surface area contributed by atoms with Gasteiger partial charge in [-0.1, -0.05) is 19.1 Å². The van der Waals surface area contributed by atoms with E-state index in [-0.39, 0.29) is 5.69 Å². The lowest BCUT2D eigenvalue weighted by atomic mass is 10.1. The maximum Gasteiger partial charge on any atom is 0.418 e. The summed E-state index contributed by atoms with van der Waals surface area (Å²) in [5, 5.41) is 3.81. The number of nitrogens with one attached hydrogen (secondary N) is 1. The smallest absolute Gasteiger partial charge is 0.380 e. The van der Waals surface area contributed by atoms with Crippen molar-refractivity contribution in [1.29, 1.82) is 0 Å². The average molecular weight is 286 g/mol. The molecular formula is C13H13F3N2S. The highest BCUT2D eigenvalue weighted by Gasteiger charge is 2.33. The van der Waals surface area contributed by atoms with Gasteiger partial charge in [0.1, 0.15) is 0 Å². The van der Waals surface area contributed by atoms with Crippen LogP contribution in [0.1, 0.15) is 22.4 Å². The van der Waals surface area contributed by atoms with Crippen LogP contribution in [0.5, 0.6) is 0 Å². The number of rotatable bonds is 4. The van der Waals surface area contributed by atoms with E-state index in [4.69, 9.17) is 0 Å². The number of aryl methyl sites for hydroxylation is 1. The van der Waals surface area contributed by atoms with Gasteiger partial charge in [-0.2, -0.15) is 13.2 Å². The number of thiazole rings is 1. The number of nitrogens with zero attached hydrogens (tertiary/aromatic N) is 1. The molecule has 102 valence electrons. The molecule has 2 aromatic rings. The lowest BCUT2D eigenvalue weighted by molar-refractivity contribution is -0.136. The molecule has 2 nitrogen and oxygen atoms in total. The maximum atomic E-state index is 12.8. The molecular weight excluding hydrogens is 273 g/mol. The molecule has 0 saturated heterocycles. The fourth-order valence-corrected chi connectivity index (χ4v) is 2.46. The third kappa shape index (κ3) is 3.47. The van der Waals surface area contributed by atoms with E-state index in [1.165, 1.54) is 23.5 Å². The molecule has 1 heterocycles. The second-order valence-corrected chi connectivity index (χ2v) is 5.17. The van der Waals surface area contributed by atoms with E-state index in [0.29, 0.717) is 6.54 Å².